The van der Waals surface area contributed by atoms with Crippen molar-refractivity contribution in [3.8, 4) is 0 Å². The van der Waals surface area contributed by atoms with Crippen LogP contribution in [0.15, 0.2) is 29.2 Å². The summed E-state index contributed by atoms with van der Waals surface area (Å²) in [4.78, 5) is 16.0. The molecule has 0 bridgehead atoms. The zero-order valence-electron chi connectivity index (χ0n) is 11.5. The van der Waals surface area contributed by atoms with E-state index in [1.54, 1.807) is 0 Å². The minimum Gasteiger partial charge on any atom is -0.340 e. The van der Waals surface area contributed by atoms with Gasteiger partial charge in [0.1, 0.15) is 0 Å². The van der Waals surface area contributed by atoms with Gasteiger partial charge in [-0.1, -0.05) is 18.2 Å². The van der Waals surface area contributed by atoms with Gasteiger partial charge in [-0.3, -0.25) is 4.79 Å². The molecule has 1 aromatic rings. The van der Waals surface area contributed by atoms with Crippen molar-refractivity contribution < 1.29 is 4.79 Å². The van der Waals surface area contributed by atoms with E-state index in [9.17, 15) is 4.79 Å². The Balaban J connectivity index is 1.49. The maximum absolute atomic E-state index is 12.5. The Morgan fingerprint density at radius 1 is 1.35 bits per heavy atom. The predicted molar refractivity (Wildman–Crippen MR) is 81.0 cm³/mol. The van der Waals surface area contributed by atoms with Crippen LogP contribution in [0.25, 0.3) is 0 Å². The van der Waals surface area contributed by atoms with Crippen molar-refractivity contribution in [3.63, 3.8) is 0 Å². The van der Waals surface area contributed by atoms with Crippen LogP contribution in [0.1, 0.15) is 24.3 Å². The molecule has 1 N–H and O–H groups in total. The molecular formula is C16H20N2OS. The summed E-state index contributed by atoms with van der Waals surface area (Å²) in [5, 5.41) is 3.52. The average molecular weight is 288 g/mol. The van der Waals surface area contributed by atoms with Gasteiger partial charge < -0.3 is 10.2 Å². The highest BCUT2D eigenvalue weighted by Crippen LogP contribution is 2.40. The summed E-state index contributed by atoms with van der Waals surface area (Å²) in [6.07, 6.45) is 2.21. The maximum atomic E-state index is 12.5. The highest BCUT2D eigenvalue weighted by Gasteiger charge is 2.42. The third-order valence-electron chi connectivity index (χ3n) is 4.87. The number of hydrogen-bond donors (Lipinski definition) is 1. The van der Waals surface area contributed by atoms with Crippen LogP contribution in [0.2, 0.25) is 0 Å². The van der Waals surface area contributed by atoms with E-state index >= 15 is 0 Å². The smallest absolute Gasteiger partial charge is 0.227 e. The molecule has 0 aromatic heterocycles. The van der Waals surface area contributed by atoms with Crippen molar-refractivity contribution in [3.05, 3.63) is 29.8 Å². The molecule has 4 heteroatoms. The number of carbonyl (C=O) groups is 1. The van der Waals surface area contributed by atoms with E-state index in [0.717, 1.165) is 38.2 Å². The molecule has 0 spiro atoms. The van der Waals surface area contributed by atoms with Gasteiger partial charge in [0, 0.05) is 35.7 Å². The van der Waals surface area contributed by atoms with E-state index in [0.29, 0.717) is 17.9 Å². The summed E-state index contributed by atoms with van der Waals surface area (Å²) >= 11 is 1.93. The van der Waals surface area contributed by atoms with Crippen molar-refractivity contribution in [2.24, 2.45) is 5.92 Å². The van der Waals surface area contributed by atoms with Crippen LogP contribution in [0.3, 0.4) is 0 Å². The summed E-state index contributed by atoms with van der Waals surface area (Å²) in [5.74, 6) is 2.26. The lowest BCUT2D eigenvalue weighted by Gasteiger charge is -2.23. The molecule has 2 saturated heterocycles. The largest absolute Gasteiger partial charge is 0.340 e. The fourth-order valence-corrected chi connectivity index (χ4v) is 5.06. The van der Waals surface area contributed by atoms with Gasteiger partial charge in [0.15, 0.2) is 0 Å². The second kappa shape index (κ2) is 5.08. The second-order valence-corrected chi connectivity index (χ2v) is 7.16. The van der Waals surface area contributed by atoms with Crippen molar-refractivity contribution in [1.82, 2.24) is 10.2 Å². The summed E-state index contributed by atoms with van der Waals surface area (Å²) in [5.41, 5.74) is 1.44. The number of nitrogens with one attached hydrogen (secondary N) is 1. The number of benzene rings is 1. The average Bonchev–Trinajstić information content (AvgIpc) is 3.03. The van der Waals surface area contributed by atoms with E-state index in [-0.39, 0.29) is 5.92 Å². The second-order valence-electron chi connectivity index (χ2n) is 6.10. The third kappa shape index (κ3) is 2.06. The lowest BCUT2D eigenvalue weighted by Crippen LogP contribution is -2.41. The molecule has 20 heavy (non-hydrogen) atoms. The monoisotopic (exact) mass is 288 g/mol. The molecule has 3 atom stereocenters. The highest BCUT2D eigenvalue weighted by molar-refractivity contribution is 7.99. The zero-order chi connectivity index (χ0) is 13.5. The maximum Gasteiger partial charge on any atom is 0.227 e. The summed E-state index contributed by atoms with van der Waals surface area (Å²) < 4.78 is 0. The Hall–Kier alpha value is -1.00. The van der Waals surface area contributed by atoms with Crippen molar-refractivity contribution in [1.29, 1.82) is 0 Å². The molecule has 0 aliphatic carbocycles. The molecule has 3 nitrogen and oxygen atoms in total. The standard InChI is InChI=1S/C16H20N2OS/c19-16-13-5-3-7-17-14(13)9-18(16)8-11-10-20-15-6-2-1-4-12(11)15/h1-2,4,6,11,13-14,17H,3,5,7-10H2. The van der Waals surface area contributed by atoms with E-state index in [4.69, 9.17) is 0 Å². The van der Waals surface area contributed by atoms with Crippen LogP contribution < -0.4 is 5.32 Å². The lowest BCUT2D eigenvalue weighted by atomic mass is 9.94. The van der Waals surface area contributed by atoms with Crippen molar-refractivity contribution in [2.75, 3.05) is 25.4 Å². The van der Waals surface area contributed by atoms with E-state index < -0.39 is 0 Å². The summed E-state index contributed by atoms with van der Waals surface area (Å²) in [7, 11) is 0. The SMILES string of the molecule is O=C1C2CCCNC2CN1CC1CSc2ccccc21. The molecule has 0 saturated carbocycles. The van der Waals surface area contributed by atoms with E-state index in [1.165, 1.54) is 10.5 Å². The minimum atomic E-state index is 0.244. The molecule has 0 radical (unpaired) electrons. The topological polar surface area (TPSA) is 32.3 Å². The summed E-state index contributed by atoms with van der Waals surface area (Å²) in [6.45, 7) is 2.88. The first-order valence-electron chi connectivity index (χ1n) is 7.57. The molecule has 4 rings (SSSR count). The number of carbonyl (C=O) groups excluding carboxylic acids is 1. The fraction of sp³-hybridized carbons (Fsp3) is 0.562. The van der Waals surface area contributed by atoms with Gasteiger partial charge in [-0.15, -0.1) is 11.8 Å². The minimum absolute atomic E-state index is 0.244. The highest BCUT2D eigenvalue weighted by atomic mass is 32.2. The zero-order valence-corrected chi connectivity index (χ0v) is 12.4. The third-order valence-corrected chi connectivity index (χ3v) is 6.12. The van der Waals surface area contributed by atoms with Crippen molar-refractivity contribution in [2.45, 2.75) is 29.7 Å². The quantitative estimate of drug-likeness (QED) is 0.904. The number of likely N-dealkylation sites (tertiary alicyclic amines) is 1. The summed E-state index contributed by atoms with van der Waals surface area (Å²) in [6, 6.07) is 9.05. The van der Waals surface area contributed by atoms with Gasteiger partial charge in [-0.25, -0.2) is 0 Å². The molecule has 1 amide bonds. The van der Waals surface area contributed by atoms with Gasteiger partial charge in [0.2, 0.25) is 5.91 Å². The molecule has 3 unspecified atom stereocenters. The molecule has 3 aliphatic rings. The van der Waals surface area contributed by atoms with Crippen LogP contribution in [0.5, 0.6) is 0 Å². The number of fused-ring (bicyclic) bond motifs is 2. The van der Waals surface area contributed by atoms with Crippen LogP contribution >= 0.6 is 11.8 Å². The molecule has 3 heterocycles. The lowest BCUT2D eigenvalue weighted by molar-refractivity contribution is -0.131. The Labute approximate surface area is 124 Å². The van der Waals surface area contributed by atoms with Gasteiger partial charge in [-0.05, 0) is 31.0 Å². The van der Waals surface area contributed by atoms with Gasteiger partial charge in [-0.2, -0.15) is 0 Å². The number of hydrogen-bond acceptors (Lipinski definition) is 3. The Morgan fingerprint density at radius 3 is 3.15 bits per heavy atom. The first kappa shape index (κ1) is 12.7. The number of amides is 1. The molecule has 1 aromatic carbocycles. The van der Waals surface area contributed by atoms with Crippen LogP contribution in [-0.4, -0.2) is 42.2 Å². The normalized spacial score (nSPS) is 32.3. The number of rotatable bonds is 2. The molecule has 106 valence electrons. The number of piperidine rings is 1. The first-order chi connectivity index (χ1) is 9.83. The molecule has 2 fully saturated rings. The van der Waals surface area contributed by atoms with Gasteiger partial charge in [0.25, 0.3) is 0 Å². The van der Waals surface area contributed by atoms with E-state index in [1.807, 2.05) is 11.8 Å². The predicted octanol–water partition coefficient (Wildman–Crippen LogP) is 2.09. The molecular weight excluding hydrogens is 268 g/mol. The van der Waals surface area contributed by atoms with Gasteiger partial charge in [0.05, 0.1) is 5.92 Å². The van der Waals surface area contributed by atoms with Gasteiger partial charge >= 0.3 is 0 Å². The first-order valence-corrected chi connectivity index (χ1v) is 8.55. The van der Waals surface area contributed by atoms with Crippen LogP contribution in [0.4, 0.5) is 0 Å². The Morgan fingerprint density at radius 2 is 2.25 bits per heavy atom. The Kier molecular flexibility index (Phi) is 3.23. The van der Waals surface area contributed by atoms with Crippen LogP contribution in [0, 0.1) is 5.92 Å². The molecule has 3 aliphatic heterocycles. The van der Waals surface area contributed by atoms with E-state index in [2.05, 4.69) is 34.5 Å². The van der Waals surface area contributed by atoms with Crippen LogP contribution in [-0.2, 0) is 4.79 Å². The fourth-order valence-electron chi connectivity index (χ4n) is 3.81. The van der Waals surface area contributed by atoms with Crippen molar-refractivity contribution >= 4 is 17.7 Å². The number of nitrogens with zero attached hydrogens (tertiary/aromatic N) is 1. The number of thioether (sulfide) groups is 1. The Bertz CT molecular complexity index is 533.